The number of benzene rings is 2. The molecule has 2 amide bonds. The van der Waals surface area contributed by atoms with Crippen molar-refractivity contribution in [2.45, 2.75) is 39.7 Å². The number of piperidine rings is 1. The zero-order chi connectivity index (χ0) is 19.2. The van der Waals surface area contributed by atoms with Crippen molar-refractivity contribution in [3.8, 4) is 0 Å². The Balaban J connectivity index is 1.55. The number of anilines is 4. The van der Waals surface area contributed by atoms with Crippen LogP contribution in [0.25, 0.3) is 0 Å². The van der Waals surface area contributed by atoms with Crippen molar-refractivity contribution in [2.75, 3.05) is 28.6 Å². The summed E-state index contributed by atoms with van der Waals surface area (Å²) in [6.45, 7) is 8.49. The Labute approximate surface area is 162 Å². The van der Waals surface area contributed by atoms with Crippen molar-refractivity contribution < 1.29 is 4.79 Å². The number of nitrogens with one attached hydrogen (secondary N) is 3. The number of carbonyl (C=O) groups is 1. The number of amides is 2. The summed E-state index contributed by atoms with van der Waals surface area (Å²) in [5.41, 5.74) is 4.11. The summed E-state index contributed by atoms with van der Waals surface area (Å²) < 4.78 is 0. The van der Waals surface area contributed by atoms with Gasteiger partial charge >= 0.3 is 6.03 Å². The van der Waals surface area contributed by atoms with E-state index in [1.54, 1.807) is 0 Å². The number of hydrogen-bond acceptors (Lipinski definition) is 3. The quantitative estimate of drug-likeness (QED) is 0.682. The van der Waals surface area contributed by atoms with Gasteiger partial charge in [0.25, 0.3) is 0 Å². The molecule has 0 atom stereocenters. The fourth-order valence-corrected chi connectivity index (χ4v) is 3.26. The average molecular weight is 367 g/mol. The van der Waals surface area contributed by atoms with E-state index in [1.165, 1.54) is 18.5 Å². The van der Waals surface area contributed by atoms with Crippen LogP contribution in [0, 0.1) is 5.92 Å². The highest BCUT2D eigenvalue weighted by atomic mass is 16.2. The molecule has 0 aromatic heterocycles. The van der Waals surface area contributed by atoms with Gasteiger partial charge in [-0.1, -0.05) is 6.92 Å². The Kier molecular flexibility index (Phi) is 6.22. The van der Waals surface area contributed by atoms with Crippen molar-refractivity contribution in [3.05, 3.63) is 48.5 Å². The molecule has 0 aliphatic carbocycles. The third-order valence-corrected chi connectivity index (χ3v) is 4.87. The minimum atomic E-state index is -0.187. The molecule has 0 bridgehead atoms. The third-order valence-electron chi connectivity index (χ3n) is 4.87. The minimum Gasteiger partial charge on any atom is -0.372 e. The van der Waals surface area contributed by atoms with Gasteiger partial charge in [-0.25, -0.2) is 4.79 Å². The normalized spacial score (nSPS) is 14.9. The monoisotopic (exact) mass is 366 g/mol. The van der Waals surface area contributed by atoms with Crippen molar-refractivity contribution in [2.24, 2.45) is 5.92 Å². The SMILES string of the molecule is CC1CCN(c2ccc(Nc3ccc(NC(=O)NC(C)C)cc3)cc2)CC1. The van der Waals surface area contributed by atoms with Crippen LogP contribution in [0.15, 0.2) is 48.5 Å². The number of nitrogens with zero attached hydrogens (tertiary/aromatic N) is 1. The highest BCUT2D eigenvalue weighted by Gasteiger charge is 2.15. The summed E-state index contributed by atoms with van der Waals surface area (Å²) in [6.07, 6.45) is 2.55. The lowest BCUT2D eigenvalue weighted by Crippen LogP contribution is -2.34. The van der Waals surface area contributed by atoms with Gasteiger partial charge in [-0.15, -0.1) is 0 Å². The number of carbonyl (C=O) groups excluding carboxylic acids is 1. The first kappa shape index (κ1) is 19.1. The van der Waals surface area contributed by atoms with E-state index in [4.69, 9.17) is 0 Å². The van der Waals surface area contributed by atoms with Gasteiger partial charge in [0.15, 0.2) is 0 Å². The van der Waals surface area contributed by atoms with Crippen LogP contribution in [0.5, 0.6) is 0 Å². The molecule has 0 unspecified atom stereocenters. The number of hydrogen-bond donors (Lipinski definition) is 3. The first-order valence-corrected chi connectivity index (χ1v) is 9.79. The summed E-state index contributed by atoms with van der Waals surface area (Å²) in [6, 6.07) is 16.3. The molecular weight excluding hydrogens is 336 g/mol. The van der Waals surface area contributed by atoms with Crippen molar-refractivity contribution in [1.29, 1.82) is 0 Å². The Morgan fingerprint density at radius 1 is 0.926 bits per heavy atom. The first-order valence-electron chi connectivity index (χ1n) is 9.79. The highest BCUT2D eigenvalue weighted by Crippen LogP contribution is 2.25. The maximum absolute atomic E-state index is 11.7. The standard InChI is InChI=1S/C22H30N4O/c1-16(2)23-22(27)25-20-6-4-18(5-7-20)24-19-8-10-21(11-9-19)26-14-12-17(3)13-15-26/h4-11,16-17,24H,12-15H2,1-3H3,(H2,23,25,27). The first-order chi connectivity index (χ1) is 13.0. The summed E-state index contributed by atoms with van der Waals surface area (Å²) in [5.74, 6) is 0.844. The summed E-state index contributed by atoms with van der Waals surface area (Å²) in [4.78, 5) is 14.2. The van der Waals surface area contributed by atoms with E-state index in [0.29, 0.717) is 0 Å². The second-order valence-corrected chi connectivity index (χ2v) is 7.67. The molecule has 5 heteroatoms. The Bertz CT molecular complexity index is 732. The predicted octanol–water partition coefficient (Wildman–Crippen LogP) is 5.20. The van der Waals surface area contributed by atoms with E-state index in [0.717, 1.165) is 36.1 Å². The zero-order valence-corrected chi connectivity index (χ0v) is 16.5. The van der Waals surface area contributed by atoms with Crippen LogP contribution in [0.3, 0.4) is 0 Å². The van der Waals surface area contributed by atoms with E-state index in [9.17, 15) is 4.79 Å². The highest BCUT2D eigenvalue weighted by molar-refractivity contribution is 5.89. The zero-order valence-electron chi connectivity index (χ0n) is 16.5. The molecule has 3 N–H and O–H groups in total. The molecule has 144 valence electrons. The van der Waals surface area contributed by atoms with Crippen LogP contribution in [-0.4, -0.2) is 25.2 Å². The van der Waals surface area contributed by atoms with Crippen molar-refractivity contribution in [1.82, 2.24) is 5.32 Å². The molecule has 1 saturated heterocycles. The van der Waals surface area contributed by atoms with Gasteiger partial charge < -0.3 is 20.9 Å². The lowest BCUT2D eigenvalue weighted by Gasteiger charge is -2.32. The molecule has 0 spiro atoms. The lowest BCUT2D eigenvalue weighted by molar-refractivity contribution is 0.250. The van der Waals surface area contributed by atoms with Gasteiger partial charge in [-0.05, 0) is 81.1 Å². The molecule has 0 radical (unpaired) electrons. The van der Waals surface area contributed by atoms with Crippen LogP contribution >= 0.6 is 0 Å². The molecule has 1 aliphatic heterocycles. The van der Waals surface area contributed by atoms with Crippen LogP contribution in [0.2, 0.25) is 0 Å². The molecule has 1 aliphatic rings. The van der Waals surface area contributed by atoms with Gasteiger partial charge in [0, 0.05) is 41.9 Å². The molecule has 1 heterocycles. The summed E-state index contributed by atoms with van der Waals surface area (Å²) in [5, 5.41) is 9.05. The summed E-state index contributed by atoms with van der Waals surface area (Å²) in [7, 11) is 0. The number of urea groups is 1. The largest absolute Gasteiger partial charge is 0.372 e. The van der Waals surface area contributed by atoms with E-state index in [-0.39, 0.29) is 12.1 Å². The van der Waals surface area contributed by atoms with Gasteiger partial charge in [-0.2, -0.15) is 0 Å². The minimum absolute atomic E-state index is 0.113. The topological polar surface area (TPSA) is 56.4 Å². The van der Waals surface area contributed by atoms with Crippen LogP contribution in [0.4, 0.5) is 27.5 Å². The van der Waals surface area contributed by atoms with Gasteiger partial charge in [0.1, 0.15) is 0 Å². The Hall–Kier alpha value is -2.69. The van der Waals surface area contributed by atoms with Gasteiger partial charge in [0.2, 0.25) is 0 Å². The molecule has 2 aromatic rings. The van der Waals surface area contributed by atoms with Gasteiger partial charge in [-0.3, -0.25) is 0 Å². The maximum atomic E-state index is 11.7. The Morgan fingerprint density at radius 3 is 2.00 bits per heavy atom. The van der Waals surface area contributed by atoms with Gasteiger partial charge in [0.05, 0.1) is 0 Å². The van der Waals surface area contributed by atoms with E-state index in [1.807, 2.05) is 38.1 Å². The maximum Gasteiger partial charge on any atom is 0.319 e. The van der Waals surface area contributed by atoms with E-state index >= 15 is 0 Å². The van der Waals surface area contributed by atoms with Crippen LogP contribution in [0.1, 0.15) is 33.6 Å². The Morgan fingerprint density at radius 2 is 1.44 bits per heavy atom. The lowest BCUT2D eigenvalue weighted by atomic mass is 9.99. The molecular formula is C22H30N4O. The fraction of sp³-hybridized carbons (Fsp3) is 0.409. The van der Waals surface area contributed by atoms with Crippen molar-refractivity contribution in [3.63, 3.8) is 0 Å². The number of rotatable bonds is 5. The van der Waals surface area contributed by atoms with Crippen LogP contribution < -0.4 is 20.9 Å². The molecule has 3 rings (SSSR count). The third kappa shape index (κ3) is 5.64. The molecule has 1 fully saturated rings. The predicted molar refractivity (Wildman–Crippen MR) is 114 cm³/mol. The van der Waals surface area contributed by atoms with E-state index < -0.39 is 0 Å². The van der Waals surface area contributed by atoms with Crippen molar-refractivity contribution >= 4 is 28.8 Å². The second-order valence-electron chi connectivity index (χ2n) is 7.67. The average Bonchev–Trinajstić information content (AvgIpc) is 2.64. The van der Waals surface area contributed by atoms with Crippen LogP contribution in [-0.2, 0) is 0 Å². The summed E-state index contributed by atoms with van der Waals surface area (Å²) >= 11 is 0. The second kappa shape index (κ2) is 8.80. The fourth-order valence-electron chi connectivity index (χ4n) is 3.26. The van der Waals surface area contributed by atoms with E-state index in [2.05, 4.69) is 52.0 Å². The molecule has 27 heavy (non-hydrogen) atoms. The smallest absolute Gasteiger partial charge is 0.319 e. The molecule has 2 aromatic carbocycles. The molecule has 5 nitrogen and oxygen atoms in total. The molecule has 0 saturated carbocycles.